The van der Waals surface area contributed by atoms with Crippen LogP contribution in [-0.2, 0) is 11.3 Å². The highest BCUT2D eigenvalue weighted by atomic mass is 32.2. The van der Waals surface area contributed by atoms with Crippen LogP contribution >= 0.6 is 11.8 Å². The molecule has 98 valence electrons. The van der Waals surface area contributed by atoms with Gasteiger partial charge in [0.15, 0.2) is 0 Å². The van der Waals surface area contributed by atoms with E-state index in [0.29, 0.717) is 17.9 Å². The minimum absolute atomic E-state index is 0.256. The fourth-order valence-electron chi connectivity index (χ4n) is 1.99. The SMILES string of the molecule is O=C(O)C1CSCCN1Cc1cc(F)cc(F)c1. The lowest BCUT2D eigenvalue weighted by Crippen LogP contribution is -2.46. The Balaban J connectivity index is 2.13. The van der Waals surface area contributed by atoms with E-state index in [0.717, 1.165) is 11.8 Å². The maximum absolute atomic E-state index is 13.1. The molecule has 1 aliphatic rings. The average Bonchev–Trinajstić information content (AvgIpc) is 2.27. The first-order chi connectivity index (χ1) is 8.56. The van der Waals surface area contributed by atoms with Gasteiger partial charge in [0.2, 0.25) is 0 Å². The van der Waals surface area contributed by atoms with E-state index < -0.39 is 23.6 Å². The number of thioether (sulfide) groups is 1. The van der Waals surface area contributed by atoms with Crippen molar-refractivity contribution in [3.05, 3.63) is 35.4 Å². The monoisotopic (exact) mass is 273 g/mol. The molecule has 0 saturated carbocycles. The summed E-state index contributed by atoms with van der Waals surface area (Å²) in [5.74, 6) is -0.820. The van der Waals surface area contributed by atoms with E-state index in [2.05, 4.69) is 0 Å². The Morgan fingerprint density at radius 2 is 2.06 bits per heavy atom. The molecular formula is C12H13F2NO2S. The van der Waals surface area contributed by atoms with E-state index >= 15 is 0 Å². The van der Waals surface area contributed by atoms with Crippen molar-refractivity contribution in [1.82, 2.24) is 4.90 Å². The molecule has 0 amide bonds. The van der Waals surface area contributed by atoms with E-state index in [1.54, 1.807) is 16.7 Å². The number of carboxylic acid groups (broad SMARTS) is 1. The van der Waals surface area contributed by atoms with Gasteiger partial charge in [0.1, 0.15) is 17.7 Å². The van der Waals surface area contributed by atoms with Gasteiger partial charge in [-0.25, -0.2) is 8.78 Å². The van der Waals surface area contributed by atoms with Crippen molar-refractivity contribution < 1.29 is 18.7 Å². The largest absolute Gasteiger partial charge is 0.480 e. The van der Waals surface area contributed by atoms with Crippen LogP contribution in [-0.4, -0.2) is 40.1 Å². The molecular weight excluding hydrogens is 260 g/mol. The third kappa shape index (κ3) is 3.20. The Hall–Kier alpha value is -1.14. The quantitative estimate of drug-likeness (QED) is 0.914. The van der Waals surface area contributed by atoms with Crippen LogP contribution < -0.4 is 0 Å². The molecule has 1 saturated heterocycles. The summed E-state index contributed by atoms with van der Waals surface area (Å²) in [6.07, 6.45) is 0. The van der Waals surface area contributed by atoms with Crippen LogP contribution in [0, 0.1) is 11.6 Å². The average molecular weight is 273 g/mol. The first kappa shape index (κ1) is 13.3. The number of hydrogen-bond acceptors (Lipinski definition) is 3. The smallest absolute Gasteiger partial charge is 0.321 e. The van der Waals surface area contributed by atoms with E-state index in [-0.39, 0.29) is 6.54 Å². The summed E-state index contributed by atoms with van der Waals surface area (Å²) in [6.45, 7) is 0.867. The van der Waals surface area contributed by atoms with Crippen molar-refractivity contribution >= 4 is 17.7 Å². The van der Waals surface area contributed by atoms with Gasteiger partial charge < -0.3 is 5.11 Å². The molecule has 0 bridgehead atoms. The molecule has 1 fully saturated rings. The van der Waals surface area contributed by atoms with Gasteiger partial charge in [-0.1, -0.05) is 0 Å². The zero-order valence-electron chi connectivity index (χ0n) is 9.60. The van der Waals surface area contributed by atoms with Crippen LogP contribution in [0.1, 0.15) is 5.56 Å². The third-order valence-corrected chi connectivity index (χ3v) is 3.86. The second-order valence-electron chi connectivity index (χ2n) is 4.18. The van der Waals surface area contributed by atoms with E-state index in [9.17, 15) is 13.6 Å². The molecule has 0 aromatic heterocycles. The Bertz CT molecular complexity index is 435. The molecule has 0 radical (unpaired) electrons. The number of carboxylic acids is 1. The van der Waals surface area contributed by atoms with Gasteiger partial charge >= 0.3 is 5.97 Å². The zero-order valence-corrected chi connectivity index (χ0v) is 10.4. The number of halogens is 2. The third-order valence-electron chi connectivity index (χ3n) is 2.83. The van der Waals surface area contributed by atoms with Gasteiger partial charge in [0, 0.05) is 30.7 Å². The molecule has 1 atom stereocenters. The molecule has 6 heteroatoms. The molecule has 18 heavy (non-hydrogen) atoms. The molecule has 0 aliphatic carbocycles. The van der Waals surface area contributed by atoms with Gasteiger partial charge in [0.25, 0.3) is 0 Å². The van der Waals surface area contributed by atoms with Crippen molar-refractivity contribution in [1.29, 1.82) is 0 Å². The molecule has 0 spiro atoms. The summed E-state index contributed by atoms with van der Waals surface area (Å²) in [6, 6.07) is 2.70. The first-order valence-corrected chi connectivity index (χ1v) is 6.71. The standard InChI is InChI=1S/C12H13F2NO2S/c13-9-3-8(4-10(14)5-9)6-15-1-2-18-7-11(15)12(16)17/h3-5,11H,1-2,6-7H2,(H,16,17). The number of nitrogens with zero attached hydrogens (tertiary/aromatic N) is 1. The van der Waals surface area contributed by atoms with Gasteiger partial charge in [-0.2, -0.15) is 11.8 Å². The number of aliphatic carboxylic acids is 1. The summed E-state index contributed by atoms with van der Waals surface area (Å²) in [5, 5.41) is 9.09. The first-order valence-electron chi connectivity index (χ1n) is 5.56. The summed E-state index contributed by atoms with van der Waals surface area (Å²) in [5.41, 5.74) is 0.464. The number of carbonyl (C=O) groups is 1. The van der Waals surface area contributed by atoms with Crippen LogP contribution in [0.25, 0.3) is 0 Å². The molecule has 1 unspecified atom stereocenters. The molecule has 1 heterocycles. The van der Waals surface area contributed by atoms with Crippen molar-refractivity contribution in [2.45, 2.75) is 12.6 Å². The van der Waals surface area contributed by atoms with Crippen molar-refractivity contribution in [3.63, 3.8) is 0 Å². The molecule has 1 aromatic carbocycles. The second-order valence-corrected chi connectivity index (χ2v) is 5.33. The van der Waals surface area contributed by atoms with Crippen LogP contribution in [0.4, 0.5) is 8.78 Å². The predicted molar refractivity (Wildman–Crippen MR) is 65.5 cm³/mol. The van der Waals surface area contributed by atoms with Crippen molar-refractivity contribution in [2.75, 3.05) is 18.1 Å². The summed E-state index contributed by atoms with van der Waals surface area (Å²) < 4.78 is 26.1. The predicted octanol–water partition coefficient (Wildman–Crippen LogP) is 1.97. The van der Waals surface area contributed by atoms with Gasteiger partial charge in [0.05, 0.1) is 0 Å². The lowest BCUT2D eigenvalue weighted by atomic mass is 10.1. The fraction of sp³-hybridized carbons (Fsp3) is 0.417. The van der Waals surface area contributed by atoms with Crippen LogP contribution in [0.15, 0.2) is 18.2 Å². The van der Waals surface area contributed by atoms with Gasteiger partial charge in [-0.05, 0) is 17.7 Å². The summed E-state index contributed by atoms with van der Waals surface area (Å²) in [7, 11) is 0. The Labute approximate surface area is 108 Å². The van der Waals surface area contributed by atoms with Crippen LogP contribution in [0.5, 0.6) is 0 Å². The molecule has 1 N–H and O–H groups in total. The minimum Gasteiger partial charge on any atom is -0.480 e. The Morgan fingerprint density at radius 1 is 1.39 bits per heavy atom. The highest BCUT2D eigenvalue weighted by Gasteiger charge is 2.28. The number of benzene rings is 1. The molecule has 1 aromatic rings. The lowest BCUT2D eigenvalue weighted by molar-refractivity contribution is -0.142. The Morgan fingerprint density at radius 3 is 2.67 bits per heavy atom. The zero-order chi connectivity index (χ0) is 13.1. The normalized spacial score (nSPS) is 20.9. The van der Waals surface area contributed by atoms with Crippen LogP contribution in [0.3, 0.4) is 0 Å². The summed E-state index contributed by atoms with van der Waals surface area (Å²) >= 11 is 1.58. The highest BCUT2D eigenvalue weighted by Crippen LogP contribution is 2.20. The number of hydrogen-bond donors (Lipinski definition) is 1. The fourth-order valence-corrected chi connectivity index (χ4v) is 3.10. The van der Waals surface area contributed by atoms with Gasteiger partial charge in [-0.15, -0.1) is 0 Å². The maximum Gasteiger partial charge on any atom is 0.321 e. The van der Waals surface area contributed by atoms with Crippen LogP contribution in [0.2, 0.25) is 0 Å². The molecule has 1 aliphatic heterocycles. The van der Waals surface area contributed by atoms with Crippen molar-refractivity contribution in [3.8, 4) is 0 Å². The van der Waals surface area contributed by atoms with E-state index in [1.165, 1.54) is 12.1 Å². The highest BCUT2D eigenvalue weighted by molar-refractivity contribution is 7.99. The second kappa shape index (κ2) is 5.67. The molecule has 2 rings (SSSR count). The van der Waals surface area contributed by atoms with Gasteiger partial charge in [-0.3, -0.25) is 9.69 Å². The summed E-state index contributed by atoms with van der Waals surface area (Å²) in [4.78, 5) is 12.8. The number of rotatable bonds is 3. The van der Waals surface area contributed by atoms with E-state index in [1.807, 2.05) is 0 Å². The van der Waals surface area contributed by atoms with Crippen molar-refractivity contribution in [2.24, 2.45) is 0 Å². The van der Waals surface area contributed by atoms with E-state index in [4.69, 9.17) is 5.11 Å². The lowest BCUT2D eigenvalue weighted by Gasteiger charge is -2.32. The molecule has 3 nitrogen and oxygen atoms in total. The topological polar surface area (TPSA) is 40.5 Å². The maximum atomic E-state index is 13.1. The minimum atomic E-state index is -0.890. The Kier molecular flexibility index (Phi) is 4.19.